The van der Waals surface area contributed by atoms with Gasteiger partial charge in [0.2, 0.25) is 5.88 Å². The highest BCUT2D eigenvalue weighted by atomic mass is 16.5. The molecule has 1 aliphatic heterocycles. The minimum absolute atomic E-state index is 0.194. The lowest BCUT2D eigenvalue weighted by Gasteiger charge is -2.29. The molecule has 0 radical (unpaired) electrons. The fraction of sp³-hybridized carbons (Fsp3) is 0.407. The van der Waals surface area contributed by atoms with Gasteiger partial charge >= 0.3 is 0 Å². The zero-order valence-electron chi connectivity index (χ0n) is 19.2. The first kappa shape index (κ1) is 22.3. The number of para-hydroxylation sites is 1. The quantitative estimate of drug-likeness (QED) is 0.445. The van der Waals surface area contributed by atoms with Crippen molar-refractivity contribution < 1.29 is 9.47 Å². The molecule has 2 aromatic carbocycles. The third kappa shape index (κ3) is 5.86. The van der Waals surface area contributed by atoms with E-state index in [1.165, 1.54) is 0 Å². The minimum atomic E-state index is 0.194. The average molecular weight is 432 g/mol. The van der Waals surface area contributed by atoms with Crippen LogP contribution in [0.2, 0.25) is 0 Å². The van der Waals surface area contributed by atoms with Crippen LogP contribution in [0, 0.1) is 0 Å². The number of benzene rings is 2. The van der Waals surface area contributed by atoms with Gasteiger partial charge in [-0.05, 0) is 44.4 Å². The first-order valence-electron chi connectivity index (χ1n) is 11.7. The van der Waals surface area contributed by atoms with Crippen molar-refractivity contribution in [3.63, 3.8) is 0 Å². The second kappa shape index (κ2) is 11.1. The van der Waals surface area contributed by atoms with Gasteiger partial charge in [0.25, 0.3) is 0 Å². The number of rotatable bonds is 9. The Labute approximate surface area is 191 Å². The highest BCUT2D eigenvalue weighted by molar-refractivity contribution is 5.73. The van der Waals surface area contributed by atoms with Gasteiger partial charge in [0, 0.05) is 30.3 Å². The molecule has 0 bridgehead atoms. The number of nitrogens with zero attached hydrogens (tertiary/aromatic N) is 3. The zero-order chi connectivity index (χ0) is 22.2. The number of hydrogen-bond donors (Lipinski definition) is 0. The van der Waals surface area contributed by atoms with Crippen molar-refractivity contribution in [2.45, 2.75) is 51.7 Å². The number of unbranched alkanes of at least 4 members (excludes halogenated alkanes) is 1. The normalized spacial score (nSPS) is 14.9. The zero-order valence-corrected chi connectivity index (χ0v) is 19.2. The van der Waals surface area contributed by atoms with Crippen LogP contribution in [0.3, 0.4) is 0 Å². The molecule has 0 aliphatic carbocycles. The van der Waals surface area contributed by atoms with Crippen LogP contribution in [0.15, 0.2) is 60.7 Å². The molecule has 0 saturated carbocycles. The predicted octanol–water partition coefficient (Wildman–Crippen LogP) is 5.54. The second-order valence-corrected chi connectivity index (χ2v) is 8.54. The maximum absolute atomic E-state index is 6.25. The molecule has 5 heteroatoms. The van der Waals surface area contributed by atoms with Gasteiger partial charge in [0.15, 0.2) is 0 Å². The number of hydrogen-bond acceptors (Lipinski definition) is 5. The largest absolute Gasteiger partial charge is 0.488 e. The van der Waals surface area contributed by atoms with E-state index >= 15 is 0 Å². The van der Waals surface area contributed by atoms with Crippen molar-refractivity contribution in [1.82, 2.24) is 15.1 Å². The van der Waals surface area contributed by atoms with Gasteiger partial charge < -0.3 is 14.4 Å². The summed E-state index contributed by atoms with van der Waals surface area (Å²) >= 11 is 0. The fourth-order valence-electron chi connectivity index (χ4n) is 4.04. The van der Waals surface area contributed by atoms with Crippen molar-refractivity contribution in [3.8, 4) is 22.8 Å². The molecule has 5 nitrogen and oxygen atoms in total. The van der Waals surface area contributed by atoms with E-state index < -0.39 is 0 Å². The Balaban J connectivity index is 1.60. The molecule has 1 saturated heterocycles. The molecule has 0 atom stereocenters. The monoisotopic (exact) mass is 431 g/mol. The van der Waals surface area contributed by atoms with E-state index in [9.17, 15) is 0 Å². The Morgan fingerprint density at radius 1 is 0.938 bits per heavy atom. The summed E-state index contributed by atoms with van der Waals surface area (Å²) in [6.45, 7) is 4.83. The Bertz CT molecular complexity index is 985. The Morgan fingerprint density at radius 2 is 1.69 bits per heavy atom. The van der Waals surface area contributed by atoms with E-state index in [1.54, 1.807) is 0 Å². The molecule has 0 spiro atoms. The van der Waals surface area contributed by atoms with Crippen molar-refractivity contribution in [3.05, 3.63) is 71.9 Å². The average Bonchev–Trinajstić information content (AvgIpc) is 2.84. The van der Waals surface area contributed by atoms with Crippen LogP contribution in [0.1, 0.15) is 43.9 Å². The molecule has 0 amide bonds. The Kier molecular flexibility index (Phi) is 7.73. The van der Waals surface area contributed by atoms with Gasteiger partial charge in [0.05, 0.1) is 5.69 Å². The summed E-state index contributed by atoms with van der Waals surface area (Å²) in [6, 6.07) is 20.5. The summed E-state index contributed by atoms with van der Waals surface area (Å²) in [5.74, 6) is 1.46. The summed E-state index contributed by atoms with van der Waals surface area (Å²) in [4.78, 5) is 2.34. The van der Waals surface area contributed by atoms with Crippen molar-refractivity contribution >= 4 is 0 Å². The van der Waals surface area contributed by atoms with Crippen molar-refractivity contribution in [2.75, 3.05) is 20.1 Å². The first-order valence-corrected chi connectivity index (χ1v) is 11.7. The molecule has 168 valence electrons. The van der Waals surface area contributed by atoms with Crippen LogP contribution >= 0.6 is 0 Å². The molecule has 1 aromatic heterocycles. The Hall–Kier alpha value is -2.92. The minimum Gasteiger partial charge on any atom is -0.488 e. The molecule has 32 heavy (non-hydrogen) atoms. The van der Waals surface area contributed by atoms with Crippen LogP contribution in [0.5, 0.6) is 11.6 Å². The van der Waals surface area contributed by atoms with Crippen LogP contribution in [-0.2, 0) is 13.0 Å². The molecular formula is C27H33N3O2. The summed E-state index contributed by atoms with van der Waals surface area (Å²) in [6.07, 6.45) is 5.30. The van der Waals surface area contributed by atoms with Crippen LogP contribution in [0.4, 0.5) is 0 Å². The van der Waals surface area contributed by atoms with Gasteiger partial charge in [-0.25, -0.2) is 0 Å². The van der Waals surface area contributed by atoms with Crippen LogP contribution < -0.4 is 9.47 Å². The molecule has 1 fully saturated rings. The van der Waals surface area contributed by atoms with E-state index in [0.29, 0.717) is 12.5 Å². The maximum atomic E-state index is 6.25. The summed E-state index contributed by atoms with van der Waals surface area (Å²) in [5, 5.41) is 9.02. The molecule has 3 aromatic rings. The standard InChI is InChI=1S/C27H33N3O2/c1-3-4-13-25-24(19-27(29-28-25)32-22-15-17-30(2)18-16-22)23-12-8-9-14-26(23)31-20-21-10-6-5-7-11-21/h5-12,14,19,22H,3-4,13,15-18,20H2,1-2H3. The lowest BCUT2D eigenvalue weighted by Crippen LogP contribution is -2.35. The Morgan fingerprint density at radius 3 is 2.47 bits per heavy atom. The second-order valence-electron chi connectivity index (χ2n) is 8.54. The van der Waals surface area contributed by atoms with Gasteiger partial charge in [-0.2, -0.15) is 5.10 Å². The van der Waals surface area contributed by atoms with Crippen molar-refractivity contribution in [2.24, 2.45) is 0 Å². The van der Waals surface area contributed by atoms with Crippen molar-refractivity contribution in [1.29, 1.82) is 0 Å². The van der Waals surface area contributed by atoms with Gasteiger partial charge in [0.1, 0.15) is 18.5 Å². The van der Waals surface area contributed by atoms with E-state index in [1.807, 2.05) is 36.4 Å². The van der Waals surface area contributed by atoms with Gasteiger partial charge in [-0.3, -0.25) is 0 Å². The van der Waals surface area contributed by atoms with Crippen LogP contribution in [0.25, 0.3) is 11.1 Å². The smallest absolute Gasteiger partial charge is 0.234 e. The van der Waals surface area contributed by atoms with E-state index in [2.05, 4.69) is 53.3 Å². The third-order valence-corrected chi connectivity index (χ3v) is 5.98. The maximum Gasteiger partial charge on any atom is 0.234 e. The lowest BCUT2D eigenvalue weighted by molar-refractivity contribution is 0.109. The molecule has 0 unspecified atom stereocenters. The number of ether oxygens (including phenoxy) is 2. The van der Waals surface area contributed by atoms with Crippen LogP contribution in [-0.4, -0.2) is 41.3 Å². The number of piperidine rings is 1. The number of aryl methyl sites for hydroxylation is 1. The topological polar surface area (TPSA) is 47.5 Å². The highest BCUT2D eigenvalue weighted by Gasteiger charge is 2.20. The van der Waals surface area contributed by atoms with Gasteiger partial charge in [-0.15, -0.1) is 5.10 Å². The molecule has 0 N–H and O–H groups in total. The predicted molar refractivity (Wildman–Crippen MR) is 128 cm³/mol. The number of aromatic nitrogens is 2. The number of likely N-dealkylation sites (tertiary alicyclic amines) is 1. The lowest BCUT2D eigenvalue weighted by atomic mass is 10.0. The fourth-order valence-corrected chi connectivity index (χ4v) is 4.04. The third-order valence-electron chi connectivity index (χ3n) is 5.98. The summed E-state index contributed by atoms with van der Waals surface area (Å²) < 4.78 is 12.5. The van der Waals surface area contributed by atoms with Gasteiger partial charge in [-0.1, -0.05) is 61.9 Å². The molecule has 1 aliphatic rings. The highest BCUT2D eigenvalue weighted by Crippen LogP contribution is 2.34. The first-order chi connectivity index (χ1) is 15.7. The SMILES string of the molecule is CCCCc1nnc(OC2CCN(C)CC2)cc1-c1ccccc1OCc1ccccc1. The van der Waals surface area contributed by atoms with E-state index in [4.69, 9.17) is 9.47 Å². The van der Waals surface area contributed by atoms with E-state index in [-0.39, 0.29) is 6.10 Å². The molecular weight excluding hydrogens is 398 g/mol. The summed E-state index contributed by atoms with van der Waals surface area (Å²) in [7, 11) is 2.16. The van der Waals surface area contributed by atoms with E-state index in [0.717, 1.165) is 73.3 Å². The molecule has 4 rings (SSSR count). The summed E-state index contributed by atoms with van der Waals surface area (Å²) in [5.41, 5.74) is 4.24. The molecule has 2 heterocycles.